The van der Waals surface area contributed by atoms with Gasteiger partial charge in [0.05, 0.1) is 11.5 Å². The van der Waals surface area contributed by atoms with Crippen LogP contribution in [0.2, 0.25) is 0 Å². The average Bonchev–Trinajstić information content (AvgIpc) is 2.42. The Bertz CT molecular complexity index is 341. The molecule has 1 aliphatic rings. The number of likely N-dealkylation sites (tertiary alicyclic amines) is 1. The Balaban J connectivity index is 2.22. The number of unbranched alkanes of at least 4 members (excludes halogenated alkanes) is 1. The smallest absolute Gasteiger partial charge is 0.368 e. The van der Waals surface area contributed by atoms with Crippen LogP contribution in [0.3, 0.4) is 0 Å². The van der Waals surface area contributed by atoms with Crippen LogP contribution in [0.15, 0.2) is 0 Å². The highest BCUT2D eigenvalue weighted by Crippen LogP contribution is 2.34. The van der Waals surface area contributed by atoms with Gasteiger partial charge in [0, 0.05) is 0 Å². The van der Waals surface area contributed by atoms with Gasteiger partial charge in [-0.05, 0) is 65.7 Å². The molecule has 0 spiro atoms. The predicted octanol–water partition coefficient (Wildman–Crippen LogP) is 1.89. The number of likely N-dealkylation sites (N-methyl/N-ethyl adjacent to an activating group) is 1. The Labute approximate surface area is 124 Å². The molecule has 0 radical (unpaired) electrons. The molecule has 0 aliphatic carbocycles. The van der Waals surface area contributed by atoms with Crippen LogP contribution in [0, 0.1) is 5.92 Å². The summed E-state index contributed by atoms with van der Waals surface area (Å²) in [5.41, 5.74) is 4.64. The summed E-state index contributed by atoms with van der Waals surface area (Å²) in [6.07, 6.45) is -1.35. The van der Waals surface area contributed by atoms with Crippen LogP contribution in [0.4, 0.5) is 13.2 Å². The van der Waals surface area contributed by atoms with Crippen molar-refractivity contribution in [1.82, 2.24) is 10.2 Å². The number of halogens is 3. The molecule has 1 heterocycles. The summed E-state index contributed by atoms with van der Waals surface area (Å²) in [7, 11) is 1.70. The average molecular weight is 309 g/mol. The molecule has 0 bridgehead atoms. The van der Waals surface area contributed by atoms with Gasteiger partial charge in [-0.1, -0.05) is 0 Å². The summed E-state index contributed by atoms with van der Waals surface area (Å²) in [5.74, 6) is -1.52. The number of hydrogen-bond acceptors (Lipinski definition) is 3. The number of alkyl halides is 3. The Morgan fingerprint density at radius 2 is 1.86 bits per heavy atom. The first-order chi connectivity index (χ1) is 9.69. The number of nitrogens with two attached hydrogens (primary N) is 1. The van der Waals surface area contributed by atoms with E-state index >= 15 is 0 Å². The molecular formula is C14H26F3N3O. The second-order valence-corrected chi connectivity index (χ2v) is 6.06. The molecule has 1 unspecified atom stereocenters. The van der Waals surface area contributed by atoms with E-state index in [2.05, 4.69) is 10.2 Å². The summed E-state index contributed by atoms with van der Waals surface area (Å²) < 4.78 is 37.7. The third-order valence-corrected chi connectivity index (χ3v) is 4.55. The summed E-state index contributed by atoms with van der Waals surface area (Å²) in [5, 5.41) is 2.93. The number of nitrogens with zero attached hydrogens (tertiary/aromatic N) is 1. The molecular weight excluding hydrogens is 283 g/mol. The van der Waals surface area contributed by atoms with Crippen molar-refractivity contribution in [2.75, 3.05) is 26.7 Å². The molecule has 0 aromatic carbocycles. The van der Waals surface area contributed by atoms with Crippen LogP contribution >= 0.6 is 0 Å². The van der Waals surface area contributed by atoms with Gasteiger partial charge in [0.1, 0.15) is 0 Å². The SMILES string of the molecule is CNC(C)(CCCCN1CCC(C(F)(F)F)CC1)C(N)=O. The number of piperidine rings is 1. The van der Waals surface area contributed by atoms with Gasteiger partial charge >= 0.3 is 6.18 Å². The second kappa shape index (κ2) is 7.45. The zero-order valence-electron chi connectivity index (χ0n) is 12.8. The minimum Gasteiger partial charge on any atom is -0.368 e. The largest absolute Gasteiger partial charge is 0.391 e. The van der Waals surface area contributed by atoms with Gasteiger partial charge in [-0.15, -0.1) is 0 Å². The highest BCUT2D eigenvalue weighted by atomic mass is 19.4. The van der Waals surface area contributed by atoms with Crippen molar-refractivity contribution in [3.05, 3.63) is 0 Å². The monoisotopic (exact) mass is 309 g/mol. The molecule has 1 atom stereocenters. The van der Waals surface area contributed by atoms with E-state index < -0.39 is 17.6 Å². The number of nitrogens with one attached hydrogen (secondary N) is 1. The molecule has 0 aromatic rings. The van der Waals surface area contributed by atoms with Gasteiger partial charge < -0.3 is 16.0 Å². The first-order valence-corrected chi connectivity index (χ1v) is 7.47. The van der Waals surface area contributed by atoms with Crippen LogP contribution in [0.5, 0.6) is 0 Å². The van der Waals surface area contributed by atoms with E-state index in [1.165, 1.54) is 0 Å². The molecule has 1 amide bonds. The third-order valence-electron chi connectivity index (χ3n) is 4.55. The Hall–Kier alpha value is -0.820. The summed E-state index contributed by atoms with van der Waals surface area (Å²) in [4.78, 5) is 13.4. The van der Waals surface area contributed by atoms with E-state index in [9.17, 15) is 18.0 Å². The Morgan fingerprint density at radius 1 is 1.29 bits per heavy atom. The molecule has 7 heteroatoms. The molecule has 21 heavy (non-hydrogen) atoms. The summed E-state index contributed by atoms with van der Waals surface area (Å²) in [6, 6.07) is 0. The van der Waals surface area contributed by atoms with Crippen molar-refractivity contribution in [3.8, 4) is 0 Å². The molecule has 3 N–H and O–H groups in total. The fourth-order valence-electron chi connectivity index (χ4n) is 2.67. The molecule has 1 rings (SSSR count). The first kappa shape index (κ1) is 18.2. The maximum atomic E-state index is 12.6. The number of carbonyl (C=O) groups excluding carboxylic acids is 1. The van der Waals surface area contributed by atoms with E-state index in [-0.39, 0.29) is 18.7 Å². The zero-order valence-corrected chi connectivity index (χ0v) is 12.8. The number of primary amides is 1. The lowest BCUT2D eigenvalue weighted by Gasteiger charge is -2.33. The Morgan fingerprint density at radius 3 is 2.29 bits per heavy atom. The van der Waals surface area contributed by atoms with Crippen LogP contribution in [-0.4, -0.2) is 49.2 Å². The normalized spacial score (nSPS) is 21.2. The van der Waals surface area contributed by atoms with E-state index in [0.717, 1.165) is 19.4 Å². The fourth-order valence-corrected chi connectivity index (χ4v) is 2.67. The lowest BCUT2D eigenvalue weighted by molar-refractivity contribution is -0.185. The zero-order chi connectivity index (χ0) is 16.1. The van der Waals surface area contributed by atoms with Crippen LogP contribution in [0.25, 0.3) is 0 Å². The quantitative estimate of drug-likeness (QED) is 0.706. The number of amides is 1. The van der Waals surface area contributed by atoms with Crippen LogP contribution < -0.4 is 11.1 Å². The van der Waals surface area contributed by atoms with E-state index in [4.69, 9.17) is 5.73 Å². The van der Waals surface area contributed by atoms with Crippen molar-refractivity contribution in [2.24, 2.45) is 11.7 Å². The first-order valence-electron chi connectivity index (χ1n) is 7.47. The van der Waals surface area contributed by atoms with Crippen molar-refractivity contribution >= 4 is 5.91 Å². The summed E-state index contributed by atoms with van der Waals surface area (Å²) >= 11 is 0. The van der Waals surface area contributed by atoms with Crippen LogP contribution in [-0.2, 0) is 4.79 Å². The number of carbonyl (C=O) groups is 1. The van der Waals surface area contributed by atoms with Gasteiger partial charge in [-0.3, -0.25) is 4.79 Å². The fraction of sp³-hybridized carbons (Fsp3) is 0.929. The lowest BCUT2D eigenvalue weighted by atomic mass is 9.93. The molecule has 124 valence electrons. The Kier molecular flexibility index (Phi) is 6.46. The molecule has 0 saturated carbocycles. The predicted molar refractivity (Wildman–Crippen MR) is 75.7 cm³/mol. The standard InChI is InChI=1S/C14H26F3N3O/c1-13(19-2,12(18)21)7-3-4-8-20-9-5-11(6-10-20)14(15,16)17/h11,19H,3-10H2,1-2H3,(H2,18,21). The highest BCUT2D eigenvalue weighted by molar-refractivity contribution is 5.84. The van der Waals surface area contributed by atoms with Gasteiger partial charge in [-0.2, -0.15) is 13.2 Å². The molecule has 0 aromatic heterocycles. The maximum Gasteiger partial charge on any atom is 0.391 e. The van der Waals surface area contributed by atoms with E-state index in [1.54, 1.807) is 14.0 Å². The van der Waals surface area contributed by atoms with Crippen molar-refractivity contribution in [2.45, 2.75) is 50.7 Å². The molecule has 1 aliphatic heterocycles. The number of hydrogen-bond donors (Lipinski definition) is 2. The van der Waals surface area contributed by atoms with Gasteiger partial charge in [0.2, 0.25) is 5.91 Å². The molecule has 1 saturated heterocycles. The van der Waals surface area contributed by atoms with Gasteiger partial charge in [0.15, 0.2) is 0 Å². The summed E-state index contributed by atoms with van der Waals surface area (Å²) in [6.45, 7) is 3.56. The highest BCUT2D eigenvalue weighted by Gasteiger charge is 2.40. The van der Waals surface area contributed by atoms with Crippen LogP contribution in [0.1, 0.15) is 39.0 Å². The lowest BCUT2D eigenvalue weighted by Crippen LogP contribution is -2.51. The van der Waals surface area contributed by atoms with E-state index in [0.29, 0.717) is 19.5 Å². The van der Waals surface area contributed by atoms with Crippen molar-refractivity contribution in [1.29, 1.82) is 0 Å². The van der Waals surface area contributed by atoms with Gasteiger partial charge in [0.25, 0.3) is 0 Å². The number of rotatable bonds is 7. The molecule has 1 fully saturated rings. The maximum absolute atomic E-state index is 12.6. The topological polar surface area (TPSA) is 58.4 Å². The minimum absolute atomic E-state index is 0.193. The van der Waals surface area contributed by atoms with Crippen molar-refractivity contribution < 1.29 is 18.0 Å². The van der Waals surface area contributed by atoms with E-state index in [1.807, 2.05) is 0 Å². The third kappa shape index (κ3) is 5.47. The van der Waals surface area contributed by atoms with Gasteiger partial charge in [-0.25, -0.2) is 0 Å². The second-order valence-electron chi connectivity index (χ2n) is 6.06. The minimum atomic E-state index is -4.05. The van der Waals surface area contributed by atoms with Crippen molar-refractivity contribution in [3.63, 3.8) is 0 Å². The molecule has 4 nitrogen and oxygen atoms in total.